The van der Waals surface area contributed by atoms with Crippen molar-refractivity contribution < 1.29 is 4.52 Å². The van der Waals surface area contributed by atoms with Crippen LogP contribution in [0.3, 0.4) is 0 Å². The Hall–Kier alpha value is -1.36. The van der Waals surface area contributed by atoms with Gasteiger partial charge >= 0.3 is 0 Å². The summed E-state index contributed by atoms with van der Waals surface area (Å²) in [5, 5.41) is 9.81. The minimum absolute atomic E-state index is 0.529. The van der Waals surface area contributed by atoms with Crippen molar-refractivity contribution in [1.82, 2.24) is 15.5 Å². The summed E-state index contributed by atoms with van der Waals surface area (Å²) in [6.07, 6.45) is 3.15. The van der Waals surface area contributed by atoms with Gasteiger partial charge in [-0.3, -0.25) is 0 Å². The van der Waals surface area contributed by atoms with Crippen molar-refractivity contribution in [2.45, 2.75) is 6.42 Å². The van der Waals surface area contributed by atoms with Crippen molar-refractivity contribution in [3.8, 4) is 0 Å². The van der Waals surface area contributed by atoms with E-state index in [1.807, 2.05) is 0 Å². The molecule has 0 unspecified atom stereocenters. The Balaban J connectivity index is 2.19. The normalized spacial score (nSPS) is 16.8. The van der Waals surface area contributed by atoms with Crippen LogP contribution in [0, 0.1) is 0 Å². The molecule has 5 heteroatoms. The summed E-state index contributed by atoms with van der Waals surface area (Å²) in [6, 6.07) is 0. The molecule has 2 heterocycles. The number of nitrogens with zero attached hydrogens (tertiary/aromatic N) is 2. The van der Waals surface area contributed by atoms with Gasteiger partial charge < -0.3 is 15.2 Å². The molecule has 5 nitrogen and oxygen atoms in total. The number of hydrogen-bond acceptors (Lipinski definition) is 5. The Bertz CT molecular complexity index is 318. The van der Waals surface area contributed by atoms with E-state index in [1.54, 1.807) is 7.05 Å². The van der Waals surface area contributed by atoms with Gasteiger partial charge in [-0.25, -0.2) is 0 Å². The first-order valence-electron chi connectivity index (χ1n) is 4.32. The molecule has 1 aliphatic heterocycles. The quantitative estimate of drug-likeness (QED) is 0.693. The average molecular weight is 180 g/mol. The second-order valence-corrected chi connectivity index (χ2v) is 2.87. The molecule has 0 saturated carbocycles. The molecule has 0 aliphatic carbocycles. The molecule has 70 valence electrons. The van der Waals surface area contributed by atoms with E-state index in [9.17, 15) is 0 Å². The standard InChI is InChI=1S/C8H12N4O/c1-9-8-11-7(13-12-8)6-3-2-4-10-5-6/h3,10H,2,4-5H2,1H3,(H,9,12). The smallest absolute Gasteiger partial charge is 0.263 e. The molecule has 0 aromatic carbocycles. The van der Waals surface area contributed by atoms with Crippen LogP contribution in [0.1, 0.15) is 12.3 Å². The van der Waals surface area contributed by atoms with Crippen molar-refractivity contribution in [2.24, 2.45) is 0 Å². The molecule has 0 saturated heterocycles. The molecule has 0 atom stereocenters. The van der Waals surface area contributed by atoms with E-state index in [0.717, 1.165) is 25.1 Å². The van der Waals surface area contributed by atoms with Gasteiger partial charge in [-0.15, -0.1) is 0 Å². The summed E-state index contributed by atoms with van der Waals surface area (Å²) < 4.78 is 5.06. The Morgan fingerprint density at radius 1 is 1.62 bits per heavy atom. The Morgan fingerprint density at radius 3 is 3.15 bits per heavy atom. The largest absolute Gasteiger partial charge is 0.355 e. The zero-order valence-electron chi connectivity index (χ0n) is 7.50. The van der Waals surface area contributed by atoms with Gasteiger partial charge in [0, 0.05) is 19.2 Å². The highest BCUT2D eigenvalue weighted by molar-refractivity contribution is 5.61. The van der Waals surface area contributed by atoms with Crippen LogP contribution < -0.4 is 10.6 Å². The van der Waals surface area contributed by atoms with Crippen molar-refractivity contribution >= 4 is 11.5 Å². The van der Waals surface area contributed by atoms with E-state index in [2.05, 4.69) is 26.9 Å². The van der Waals surface area contributed by atoms with Crippen molar-refractivity contribution in [3.05, 3.63) is 12.0 Å². The molecule has 0 radical (unpaired) electrons. The fourth-order valence-corrected chi connectivity index (χ4v) is 1.26. The molecule has 1 aliphatic rings. The molecule has 2 rings (SSSR count). The maximum Gasteiger partial charge on any atom is 0.263 e. The molecule has 13 heavy (non-hydrogen) atoms. The molecule has 0 amide bonds. The first-order valence-corrected chi connectivity index (χ1v) is 4.32. The maximum atomic E-state index is 5.06. The lowest BCUT2D eigenvalue weighted by atomic mass is 10.1. The number of hydrogen-bond donors (Lipinski definition) is 2. The van der Waals surface area contributed by atoms with Crippen LogP contribution in [0.15, 0.2) is 10.6 Å². The van der Waals surface area contributed by atoms with E-state index in [0.29, 0.717) is 11.8 Å². The topological polar surface area (TPSA) is 63.0 Å². The summed E-state index contributed by atoms with van der Waals surface area (Å²) in [5.74, 6) is 1.14. The lowest BCUT2D eigenvalue weighted by Crippen LogP contribution is -2.21. The molecular weight excluding hydrogens is 168 g/mol. The molecule has 0 fully saturated rings. The van der Waals surface area contributed by atoms with Gasteiger partial charge in [-0.05, 0) is 18.1 Å². The molecule has 2 N–H and O–H groups in total. The van der Waals surface area contributed by atoms with Gasteiger partial charge in [0.05, 0.1) is 0 Å². The highest BCUT2D eigenvalue weighted by atomic mass is 16.5. The van der Waals surface area contributed by atoms with Crippen LogP contribution in [0.25, 0.3) is 5.57 Å². The first kappa shape index (κ1) is 8.25. The Kier molecular flexibility index (Phi) is 2.27. The summed E-state index contributed by atoms with van der Waals surface area (Å²) in [6.45, 7) is 1.84. The molecule has 0 spiro atoms. The second kappa shape index (κ2) is 3.57. The summed E-state index contributed by atoms with van der Waals surface area (Å²) in [5.41, 5.74) is 1.08. The van der Waals surface area contributed by atoms with Crippen LogP contribution in [0.5, 0.6) is 0 Å². The third-order valence-corrected chi connectivity index (χ3v) is 1.95. The number of rotatable bonds is 2. The van der Waals surface area contributed by atoms with Gasteiger partial charge in [0.2, 0.25) is 0 Å². The summed E-state index contributed by atoms with van der Waals surface area (Å²) in [7, 11) is 1.77. The van der Waals surface area contributed by atoms with Gasteiger partial charge in [0.25, 0.3) is 11.8 Å². The highest BCUT2D eigenvalue weighted by Gasteiger charge is 2.12. The van der Waals surface area contributed by atoms with Crippen molar-refractivity contribution in [1.29, 1.82) is 0 Å². The van der Waals surface area contributed by atoms with E-state index in [4.69, 9.17) is 4.52 Å². The van der Waals surface area contributed by atoms with Gasteiger partial charge in [-0.2, -0.15) is 4.98 Å². The highest BCUT2D eigenvalue weighted by Crippen LogP contribution is 2.15. The second-order valence-electron chi connectivity index (χ2n) is 2.87. The fourth-order valence-electron chi connectivity index (χ4n) is 1.26. The van der Waals surface area contributed by atoms with E-state index in [1.165, 1.54) is 0 Å². The van der Waals surface area contributed by atoms with Gasteiger partial charge in [-0.1, -0.05) is 6.08 Å². The van der Waals surface area contributed by atoms with Crippen molar-refractivity contribution in [3.63, 3.8) is 0 Å². The SMILES string of the molecule is CNc1noc(C2=CCCNC2)n1. The zero-order chi connectivity index (χ0) is 9.10. The van der Waals surface area contributed by atoms with Crippen molar-refractivity contribution in [2.75, 3.05) is 25.5 Å². The molecule has 0 bridgehead atoms. The first-order chi connectivity index (χ1) is 6.40. The number of aromatic nitrogens is 2. The Labute approximate surface area is 76.2 Å². The van der Waals surface area contributed by atoms with Crippen LogP contribution in [0.4, 0.5) is 5.95 Å². The Morgan fingerprint density at radius 2 is 2.54 bits per heavy atom. The predicted molar refractivity (Wildman–Crippen MR) is 49.3 cm³/mol. The zero-order valence-corrected chi connectivity index (χ0v) is 7.50. The lowest BCUT2D eigenvalue weighted by molar-refractivity contribution is 0.406. The van der Waals surface area contributed by atoms with Crippen LogP contribution in [0.2, 0.25) is 0 Å². The van der Waals surface area contributed by atoms with Gasteiger partial charge in [0.1, 0.15) is 0 Å². The monoisotopic (exact) mass is 180 g/mol. The van der Waals surface area contributed by atoms with Gasteiger partial charge in [0.15, 0.2) is 0 Å². The predicted octanol–water partition coefficient (Wildman–Crippen LogP) is 0.488. The minimum Gasteiger partial charge on any atom is -0.355 e. The molecular formula is C8H12N4O. The maximum absolute atomic E-state index is 5.06. The third-order valence-electron chi connectivity index (χ3n) is 1.95. The lowest BCUT2D eigenvalue weighted by Gasteiger charge is -2.09. The van der Waals surface area contributed by atoms with Crippen LogP contribution in [-0.2, 0) is 0 Å². The minimum atomic E-state index is 0.529. The summed E-state index contributed by atoms with van der Waals surface area (Å²) in [4.78, 5) is 4.16. The molecule has 1 aromatic rings. The van der Waals surface area contributed by atoms with E-state index >= 15 is 0 Å². The van der Waals surface area contributed by atoms with Crippen LogP contribution in [-0.4, -0.2) is 30.3 Å². The summed E-state index contributed by atoms with van der Waals surface area (Å²) >= 11 is 0. The average Bonchev–Trinajstić information content (AvgIpc) is 2.67. The van der Waals surface area contributed by atoms with E-state index in [-0.39, 0.29) is 0 Å². The number of anilines is 1. The van der Waals surface area contributed by atoms with E-state index < -0.39 is 0 Å². The van der Waals surface area contributed by atoms with Crippen LogP contribution >= 0.6 is 0 Å². The molecule has 1 aromatic heterocycles. The third kappa shape index (κ3) is 1.70. The number of nitrogens with one attached hydrogen (secondary N) is 2. The fraction of sp³-hybridized carbons (Fsp3) is 0.500.